The molecule has 0 aliphatic rings. The lowest BCUT2D eigenvalue weighted by Gasteiger charge is -2.01. The van der Waals surface area contributed by atoms with Gasteiger partial charge in [0.1, 0.15) is 0 Å². The molecule has 0 unspecified atom stereocenters. The van der Waals surface area contributed by atoms with Crippen LogP contribution in [0.25, 0.3) is 10.1 Å². The first-order chi connectivity index (χ1) is 10.2. The Bertz CT molecular complexity index is 869. The van der Waals surface area contributed by atoms with E-state index in [9.17, 15) is 13.2 Å². The molecule has 0 saturated heterocycles. The third-order valence-corrected chi connectivity index (χ3v) is 4.15. The van der Waals surface area contributed by atoms with Gasteiger partial charge >= 0.3 is 10.1 Å². The lowest BCUT2D eigenvalue weighted by molar-refractivity contribution is 0.0979. The fraction of sp³-hybridized carbons (Fsp3) is 0.231. The standard InChI is InChI=1S/C13H15N3O4S2/c1-7-4-8(2)9-6-11(21-10(9)5-7)12(17)15-13(14)16-20-22(3,18)19/h4-6H,1-3H3,(H3,14,15,16,17). The zero-order valence-corrected chi connectivity index (χ0v) is 13.8. The Morgan fingerprint density at radius 3 is 2.64 bits per heavy atom. The van der Waals surface area contributed by atoms with Crippen molar-refractivity contribution in [2.75, 3.05) is 6.26 Å². The van der Waals surface area contributed by atoms with Crippen molar-refractivity contribution in [1.29, 1.82) is 0 Å². The van der Waals surface area contributed by atoms with Crippen LogP contribution in [-0.4, -0.2) is 26.5 Å². The molecule has 1 amide bonds. The molecule has 1 aromatic carbocycles. The highest BCUT2D eigenvalue weighted by atomic mass is 32.2. The summed E-state index contributed by atoms with van der Waals surface area (Å²) in [6.45, 7) is 3.96. The summed E-state index contributed by atoms with van der Waals surface area (Å²) in [4.78, 5) is 12.5. The van der Waals surface area contributed by atoms with Crippen LogP contribution in [0.1, 0.15) is 20.8 Å². The molecule has 0 fully saturated rings. The molecular weight excluding hydrogens is 326 g/mol. The maximum absolute atomic E-state index is 12.1. The normalized spacial score (nSPS) is 12.4. The predicted octanol–water partition coefficient (Wildman–Crippen LogP) is 1.45. The predicted molar refractivity (Wildman–Crippen MR) is 86.3 cm³/mol. The number of fused-ring (bicyclic) bond motifs is 1. The Morgan fingerprint density at radius 1 is 1.32 bits per heavy atom. The van der Waals surface area contributed by atoms with Gasteiger partial charge in [-0.2, -0.15) is 8.42 Å². The molecular formula is C13H15N3O4S2. The molecule has 0 bridgehead atoms. The molecule has 0 saturated carbocycles. The zero-order valence-electron chi connectivity index (χ0n) is 12.2. The smallest absolute Gasteiger partial charge is 0.325 e. The van der Waals surface area contributed by atoms with Crippen LogP contribution < -0.4 is 11.1 Å². The number of amides is 1. The van der Waals surface area contributed by atoms with Gasteiger partial charge in [0.05, 0.1) is 11.1 Å². The van der Waals surface area contributed by atoms with Crippen molar-refractivity contribution in [1.82, 2.24) is 5.32 Å². The molecule has 2 rings (SSSR count). The van der Waals surface area contributed by atoms with Crippen molar-refractivity contribution in [3.05, 3.63) is 34.2 Å². The summed E-state index contributed by atoms with van der Waals surface area (Å²) in [5, 5.41) is 6.39. The first kappa shape index (κ1) is 16.2. The first-order valence-corrected chi connectivity index (χ1v) is 8.83. The molecule has 7 nitrogen and oxygen atoms in total. The first-order valence-electron chi connectivity index (χ1n) is 6.20. The number of benzene rings is 1. The minimum Gasteiger partial charge on any atom is -0.367 e. The molecule has 22 heavy (non-hydrogen) atoms. The van der Waals surface area contributed by atoms with Gasteiger partial charge in [-0.25, -0.2) is 0 Å². The number of oxime groups is 1. The molecule has 0 aliphatic heterocycles. The number of nitrogens with two attached hydrogens (primary N) is 1. The lowest BCUT2D eigenvalue weighted by atomic mass is 10.1. The highest BCUT2D eigenvalue weighted by Gasteiger charge is 2.13. The Labute approximate surface area is 131 Å². The molecule has 0 atom stereocenters. The Morgan fingerprint density at radius 2 is 2.00 bits per heavy atom. The van der Waals surface area contributed by atoms with Crippen LogP contribution in [0, 0.1) is 13.8 Å². The van der Waals surface area contributed by atoms with Crippen molar-refractivity contribution in [2.24, 2.45) is 10.9 Å². The summed E-state index contributed by atoms with van der Waals surface area (Å²) in [5.41, 5.74) is 7.59. The van der Waals surface area contributed by atoms with Crippen molar-refractivity contribution in [3.8, 4) is 0 Å². The van der Waals surface area contributed by atoms with Crippen LogP contribution in [0.4, 0.5) is 0 Å². The number of rotatable bonds is 3. The largest absolute Gasteiger partial charge is 0.367 e. The highest BCUT2D eigenvalue weighted by molar-refractivity contribution is 7.85. The van der Waals surface area contributed by atoms with Crippen molar-refractivity contribution in [3.63, 3.8) is 0 Å². The van der Waals surface area contributed by atoms with E-state index < -0.39 is 22.0 Å². The maximum atomic E-state index is 12.1. The van der Waals surface area contributed by atoms with Gasteiger partial charge in [-0.05, 0) is 47.6 Å². The summed E-state index contributed by atoms with van der Waals surface area (Å²) in [5.74, 6) is -0.905. The van der Waals surface area contributed by atoms with E-state index >= 15 is 0 Å². The van der Waals surface area contributed by atoms with Gasteiger partial charge in [-0.15, -0.1) is 11.3 Å². The summed E-state index contributed by atoms with van der Waals surface area (Å²) >= 11 is 1.32. The van der Waals surface area contributed by atoms with Gasteiger partial charge in [0.25, 0.3) is 5.91 Å². The van der Waals surface area contributed by atoms with Crippen LogP contribution >= 0.6 is 11.3 Å². The fourth-order valence-electron chi connectivity index (χ4n) is 1.91. The van der Waals surface area contributed by atoms with E-state index in [2.05, 4.69) is 14.8 Å². The molecule has 118 valence electrons. The summed E-state index contributed by atoms with van der Waals surface area (Å²) in [6, 6.07) is 5.79. The van der Waals surface area contributed by atoms with E-state index in [1.807, 2.05) is 26.0 Å². The molecule has 0 radical (unpaired) electrons. The van der Waals surface area contributed by atoms with E-state index in [1.165, 1.54) is 11.3 Å². The van der Waals surface area contributed by atoms with Crippen molar-refractivity contribution >= 4 is 43.4 Å². The monoisotopic (exact) mass is 341 g/mol. The van der Waals surface area contributed by atoms with Gasteiger partial charge in [0.15, 0.2) is 0 Å². The number of nitrogens with zero attached hydrogens (tertiary/aromatic N) is 1. The second-order valence-corrected chi connectivity index (χ2v) is 7.45. The highest BCUT2D eigenvalue weighted by Crippen LogP contribution is 2.29. The average Bonchev–Trinajstić information content (AvgIpc) is 2.79. The Balaban J connectivity index is 2.21. The summed E-state index contributed by atoms with van der Waals surface area (Å²) in [6.07, 6.45) is 0.822. The van der Waals surface area contributed by atoms with Gasteiger partial charge < -0.3 is 5.73 Å². The molecule has 3 N–H and O–H groups in total. The number of nitrogens with one attached hydrogen (secondary N) is 1. The molecule has 0 spiro atoms. The third-order valence-electron chi connectivity index (χ3n) is 2.72. The number of hydrogen-bond acceptors (Lipinski definition) is 6. The molecule has 9 heteroatoms. The van der Waals surface area contributed by atoms with Crippen molar-refractivity contribution < 1.29 is 17.5 Å². The van der Waals surface area contributed by atoms with Crippen LogP contribution in [0.3, 0.4) is 0 Å². The van der Waals surface area contributed by atoms with E-state index in [0.29, 0.717) is 4.88 Å². The molecule has 0 aliphatic carbocycles. The minimum absolute atomic E-state index is 0.430. The third kappa shape index (κ3) is 3.95. The van der Waals surface area contributed by atoms with E-state index in [0.717, 1.165) is 27.5 Å². The van der Waals surface area contributed by atoms with Crippen molar-refractivity contribution in [2.45, 2.75) is 13.8 Å². The van der Waals surface area contributed by atoms with Gasteiger partial charge in [0.2, 0.25) is 5.96 Å². The van der Waals surface area contributed by atoms with E-state index in [4.69, 9.17) is 5.73 Å². The van der Waals surface area contributed by atoms with E-state index in [1.54, 1.807) is 6.07 Å². The fourth-order valence-corrected chi connectivity index (χ4v) is 3.26. The Kier molecular flexibility index (Phi) is 4.38. The number of hydrogen-bond donors (Lipinski definition) is 2. The Hall–Kier alpha value is -2.13. The van der Waals surface area contributed by atoms with Crippen LogP contribution in [0.15, 0.2) is 23.4 Å². The molecule has 1 aromatic heterocycles. The number of guanidine groups is 1. The quantitative estimate of drug-likeness (QED) is 0.499. The number of aryl methyl sites for hydroxylation is 2. The van der Waals surface area contributed by atoms with Crippen LogP contribution in [-0.2, 0) is 14.4 Å². The lowest BCUT2D eigenvalue weighted by Crippen LogP contribution is -2.36. The molecule has 1 heterocycles. The SMILES string of the molecule is Cc1cc(C)c2cc(C(=O)NC(N)=NOS(C)(=O)=O)sc2c1. The molecule has 2 aromatic rings. The van der Waals surface area contributed by atoms with Gasteiger partial charge in [0, 0.05) is 4.70 Å². The van der Waals surface area contributed by atoms with Crippen LogP contribution in [0.2, 0.25) is 0 Å². The average molecular weight is 341 g/mol. The zero-order chi connectivity index (χ0) is 16.5. The van der Waals surface area contributed by atoms with Gasteiger partial charge in [-0.1, -0.05) is 6.07 Å². The van der Waals surface area contributed by atoms with Gasteiger partial charge in [-0.3, -0.25) is 14.4 Å². The van der Waals surface area contributed by atoms with Crippen LogP contribution in [0.5, 0.6) is 0 Å². The number of carbonyl (C=O) groups is 1. The minimum atomic E-state index is -3.77. The summed E-state index contributed by atoms with van der Waals surface area (Å²) < 4.78 is 26.7. The number of thiophene rings is 1. The topological polar surface area (TPSA) is 111 Å². The second kappa shape index (κ2) is 5.93. The maximum Gasteiger partial charge on any atom is 0.325 e. The van der Waals surface area contributed by atoms with E-state index in [-0.39, 0.29) is 0 Å². The number of carbonyl (C=O) groups excluding carboxylic acids is 1. The second-order valence-electron chi connectivity index (χ2n) is 4.81. The summed E-state index contributed by atoms with van der Waals surface area (Å²) in [7, 11) is -3.77.